The third-order valence-corrected chi connectivity index (χ3v) is 3.84. The van der Waals surface area contributed by atoms with Gasteiger partial charge in [0.1, 0.15) is 5.75 Å². The van der Waals surface area contributed by atoms with Crippen molar-refractivity contribution in [2.75, 3.05) is 0 Å². The molecule has 1 aromatic heterocycles. The summed E-state index contributed by atoms with van der Waals surface area (Å²) in [6, 6.07) is 1.49. The van der Waals surface area contributed by atoms with Crippen molar-refractivity contribution in [3.05, 3.63) is 18.0 Å². The van der Waals surface area contributed by atoms with Gasteiger partial charge in [-0.3, -0.25) is 9.78 Å². The number of nitrogens with two attached hydrogens (primary N) is 1. The minimum atomic E-state index is -0.686. The van der Waals surface area contributed by atoms with Crippen LogP contribution in [0.1, 0.15) is 33.4 Å². The average molecular weight is 278 g/mol. The standard InChI is InChI=1S/C13H19BN2O4/c1-12(2)13(3,4)20-14(19-12)9-5-8(17)7-16-10(9)6-11(15)18/h5,7,17H,6H2,1-4H3,(H2,15,18). The van der Waals surface area contributed by atoms with Gasteiger partial charge in [-0.15, -0.1) is 0 Å². The molecule has 0 spiro atoms. The van der Waals surface area contributed by atoms with E-state index in [0.29, 0.717) is 11.2 Å². The molecule has 1 aliphatic heterocycles. The van der Waals surface area contributed by atoms with Crippen LogP contribution in [-0.2, 0) is 20.5 Å². The van der Waals surface area contributed by atoms with Crippen LogP contribution in [0.25, 0.3) is 0 Å². The number of pyridine rings is 1. The predicted octanol–water partition coefficient (Wildman–Crippen LogP) is 0.114. The zero-order valence-electron chi connectivity index (χ0n) is 12.1. The molecule has 20 heavy (non-hydrogen) atoms. The lowest BCUT2D eigenvalue weighted by atomic mass is 9.77. The largest absolute Gasteiger partial charge is 0.506 e. The Morgan fingerprint density at radius 2 is 1.90 bits per heavy atom. The van der Waals surface area contributed by atoms with Gasteiger partial charge in [0.05, 0.1) is 23.8 Å². The van der Waals surface area contributed by atoms with Gasteiger partial charge in [0.2, 0.25) is 5.91 Å². The molecular weight excluding hydrogens is 259 g/mol. The molecule has 1 fully saturated rings. The first-order chi connectivity index (χ1) is 9.12. The van der Waals surface area contributed by atoms with Gasteiger partial charge in [0.25, 0.3) is 0 Å². The third kappa shape index (κ3) is 2.64. The highest BCUT2D eigenvalue weighted by Gasteiger charge is 2.52. The molecule has 108 valence electrons. The molecular formula is C13H19BN2O4. The van der Waals surface area contributed by atoms with Crippen molar-refractivity contribution in [3.8, 4) is 5.75 Å². The summed E-state index contributed by atoms with van der Waals surface area (Å²) >= 11 is 0. The van der Waals surface area contributed by atoms with E-state index in [-0.39, 0.29) is 12.2 Å². The molecule has 6 nitrogen and oxygen atoms in total. The fourth-order valence-corrected chi connectivity index (χ4v) is 1.99. The fraction of sp³-hybridized carbons (Fsp3) is 0.538. The van der Waals surface area contributed by atoms with Crippen molar-refractivity contribution in [2.45, 2.75) is 45.3 Å². The van der Waals surface area contributed by atoms with Crippen molar-refractivity contribution >= 4 is 18.5 Å². The Balaban J connectivity index is 2.38. The highest BCUT2D eigenvalue weighted by atomic mass is 16.7. The van der Waals surface area contributed by atoms with E-state index in [0.717, 1.165) is 0 Å². The van der Waals surface area contributed by atoms with E-state index in [1.807, 2.05) is 27.7 Å². The number of amides is 1. The number of hydrogen-bond acceptors (Lipinski definition) is 5. The summed E-state index contributed by atoms with van der Waals surface area (Å²) in [7, 11) is -0.686. The maximum absolute atomic E-state index is 11.1. The van der Waals surface area contributed by atoms with Crippen LogP contribution >= 0.6 is 0 Å². The minimum Gasteiger partial charge on any atom is -0.506 e. The maximum Gasteiger partial charge on any atom is 0.496 e. The number of aromatic hydroxyl groups is 1. The van der Waals surface area contributed by atoms with Crippen LogP contribution in [0.3, 0.4) is 0 Å². The van der Waals surface area contributed by atoms with Crippen LogP contribution in [-0.4, -0.2) is 34.3 Å². The Morgan fingerprint density at radius 3 is 2.40 bits per heavy atom. The summed E-state index contributed by atoms with van der Waals surface area (Å²) in [4.78, 5) is 15.2. The second kappa shape index (κ2) is 4.75. The van der Waals surface area contributed by atoms with E-state index in [1.165, 1.54) is 12.3 Å². The quantitative estimate of drug-likeness (QED) is 0.765. The number of carbonyl (C=O) groups excluding carboxylic acids is 1. The third-order valence-electron chi connectivity index (χ3n) is 3.84. The average Bonchev–Trinajstić information content (AvgIpc) is 2.50. The number of aromatic nitrogens is 1. The summed E-state index contributed by atoms with van der Waals surface area (Å²) in [6.45, 7) is 7.71. The van der Waals surface area contributed by atoms with Gasteiger partial charge in [-0.1, -0.05) is 0 Å². The van der Waals surface area contributed by atoms with Gasteiger partial charge in [-0.05, 0) is 33.8 Å². The summed E-state index contributed by atoms with van der Waals surface area (Å²) in [5.74, 6) is -0.510. The van der Waals surface area contributed by atoms with Gasteiger partial charge in [-0.25, -0.2) is 0 Å². The van der Waals surface area contributed by atoms with Crippen LogP contribution in [0.15, 0.2) is 12.3 Å². The van der Waals surface area contributed by atoms with Crippen LogP contribution in [0.5, 0.6) is 5.75 Å². The van der Waals surface area contributed by atoms with Gasteiger partial charge in [-0.2, -0.15) is 0 Å². The molecule has 1 aliphatic rings. The van der Waals surface area contributed by atoms with Crippen LogP contribution < -0.4 is 11.2 Å². The maximum atomic E-state index is 11.1. The van der Waals surface area contributed by atoms with Gasteiger partial charge in [0.15, 0.2) is 0 Å². The molecule has 1 saturated heterocycles. The molecule has 0 radical (unpaired) electrons. The Morgan fingerprint density at radius 1 is 1.35 bits per heavy atom. The lowest BCUT2D eigenvalue weighted by molar-refractivity contribution is -0.117. The normalized spacial score (nSPS) is 20.1. The molecule has 2 heterocycles. The van der Waals surface area contributed by atoms with Crippen LogP contribution in [0.2, 0.25) is 0 Å². The smallest absolute Gasteiger partial charge is 0.496 e. The molecule has 0 unspecified atom stereocenters. The fourth-order valence-electron chi connectivity index (χ4n) is 1.99. The van der Waals surface area contributed by atoms with Crippen LogP contribution in [0.4, 0.5) is 0 Å². The van der Waals surface area contributed by atoms with E-state index < -0.39 is 24.2 Å². The number of nitrogens with zero attached hydrogens (tertiary/aromatic N) is 1. The molecule has 0 atom stereocenters. The summed E-state index contributed by atoms with van der Waals surface area (Å²) in [6.07, 6.45) is 1.24. The van der Waals surface area contributed by atoms with Crippen molar-refractivity contribution in [2.24, 2.45) is 5.73 Å². The molecule has 0 aromatic carbocycles. The van der Waals surface area contributed by atoms with E-state index >= 15 is 0 Å². The predicted molar refractivity (Wildman–Crippen MR) is 74.5 cm³/mol. The number of hydrogen-bond donors (Lipinski definition) is 2. The van der Waals surface area contributed by atoms with Gasteiger partial charge in [0, 0.05) is 11.2 Å². The van der Waals surface area contributed by atoms with Crippen molar-refractivity contribution in [3.63, 3.8) is 0 Å². The second-order valence-electron chi connectivity index (χ2n) is 5.96. The lowest BCUT2D eigenvalue weighted by Gasteiger charge is -2.32. The Hall–Kier alpha value is -1.60. The lowest BCUT2D eigenvalue weighted by Crippen LogP contribution is -2.41. The van der Waals surface area contributed by atoms with Crippen molar-refractivity contribution in [1.82, 2.24) is 4.98 Å². The summed E-state index contributed by atoms with van der Waals surface area (Å²) < 4.78 is 11.8. The van der Waals surface area contributed by atoms with Gasteiger partial charge >= 0.3 is 7.12 Å². The first kappa shape index (κ1) is 14.8. The number of carbonyl (C=O) groups is 1. The number of primary amides is 1. The van der Waals surface area contributed by atoms with E-state index in [9.17, 15) is 9.90 Å². The monoisotopic (exact) mass is 278 g/mol. The van der Waals surface area contributed by atoms with Crippen molar-refractivity contribution < 1.29 is 19.2 Å². The Bertz CT molecular complexity index is 529. The zero-order chi connectivity index (χ0) is 15.1. The molecule has 7 heteroatoms. The molecule has 0 saturated carbocycles. The van der Waals surface area contributed by atoms with E-state index in [1.54, 1.807) is 0 Å². The number of rotatable bonds is 3. The first-order valence-corrected chi connectivity index (χ1v) is 6.44. The summed E-state index contributed by atoms with van der Waals surface area (Å²) in [5, 5.41) is 9.60. The second-order valence-corrected chi connectivity index (χ2v) is 5.96. The highest BCUT2D eigenvalue weighted by Crippen LogP contribution is 2.36. The topological polar surface area (TPSA) is 94.7 Å². The molecule has 2 rings (SSSR count). The van der Waals surface area contributed by atoms with Crippen molar-refractivity contribution in [1.29, 1.82) is 0 Å². The Labute approximate surface area is 118 Å². The SMILES string of the molecule is CC1(C)OB(c2cc(O)cnc2CC(N)=O)OC1(C)C. The first-order valence-electron chi connectivity index (χ1n) is 6.44. The van der Waals surface area contributed by atoms with E-state index in [4.69, 9.17) is 15.0 Å². The molecule has 0 aliphatic carbocycles. The van der Waals surface area contributed by atoms with Crippen LogP contribution in [0, 0.1) is 0 Å². The highest BCUT2D eigenvalue weighted by molar-refractivity contribution is 6.62. The molecule has 0 bridgehead atoms. The Kier molecular flexibility index (Phi) is 3.52. The zero-order valence-corrected chi connectivity index (χ0v) is 12.1. The molecule has 1 amide bonds. The van der Waals surface area contributed by atoms with Gasteiger partial charge < -0.3 is 20.1 Å². The molecule has 1 aromatic rings. The van der Waals surface area contributed by atoms with E-state index in [2.05, 4.69) is 4.98 Å². The summed E-state index contributed by atoms with van der Waals surface area (Å²) in [5.41, 5.74) is 5.18. The minimum absolute atomic E-state index is 0.0112. The molecule has 3 N–H and O–H groups in total.